The number of halogens is 3. The molecule has 1 heterocycles. The molecule has 0 spiro atoms. The average Bonchev–Trinajstić information content (AvgIpc) is 2.84. The lowest BCUT2D eigenvalue weighted by Gasteiger charge is -2.36. The molecule has 0 aromatic heterocycles. The molecule has 7 heteroatoms. The molecular weight excluding hydrogens is 491 g/mol. The van der Waals surface area contributed by atoms with Gasteiger partial charge in [0.25, 0.3) is 5.91 Å². The molecule has 34 heavy (non-hydrogen) atoms. The van der Waals surface area contributed by atoms with Crippen molar-refractivity contribution in [3.8, 4) is 0 Å². The summed E-state index contributed by atoms with van der Waals surface area (Å²) in [6.45, 7) is 0.893. The molecule has 1 aliphatic rings. The molecule has 0 bridgehead atoms. The molecule has 1 N–H and O–H groups in total. The lowest BCUT2D eigenvalue weighted by atomic mass is 9.92. The van der Waals surface area contributed by atoms with Gasteiger partial charge in [0, 0.05) is 29.6 Å². The van der Waals surface area contributed by atoms with Crippen molar-refractivity contribution in [3.05, 3.63) is 104 Å². The Morgan fingerprint density at radius 3 is 2.38 bits per heavy atom. The third kappa shape index (κ3) is 5.75. The van der Waals surface area contributed by atoms with Crippen LogP contribution in [0.25, 0.3) is 0 Å². The highest BCUT2D eigenvalue weighted by molar-refractivity contribution is 6.35. The van der Waals surface area contributed by atoms with Crippen LogP contribution in [0.5, 0.6) is 0 Å². The molecule has 4 nitrogen and oxygen atoms in total. The number of carbonyl (C=O) groups excluding carboxylic acids is 2. The minimum atomic E-state index is -0.593. The smallest absolute Gasteiger partial charge is 0.256 e. The summed E-state index contributed by atoms with van der Waals surface area (Å²) in [6, 6.07) is 19.8. The fraction of sp³-hybridized carbons (Fsp3) is 0.259. The van der Waals surface area contributed by atoms with Gasteiger partial charge in [-0.2, -0.15) is 0 Å². The van der Waals surface area contributed by atoms with Crippen molar-refractivity contribution < 1.29 is 9.59 Å². The summed E-state index contributed by atoms with van der Waals surface area (Å²) in [6.07, 6.45) is 2.95. The second-order valence-electron chi connectivity index (χ2n) is 8.39. The Morgan fingerprint density at radius 2 is 1.62 bits per heavy atom. The van der Waals surface area contributed by atoms with Crippen molar-refractivity contribution in [1.29, 1.82) is 0 Å². The molecule has 0 radical (unpaired) electrons. The van der Waals surface area contributed by atoms with Crippen LogP contribution in [0.15, 0.2) is 66.7 Å². The maximum Gasteiger partial charge on any atom is 0.256 e. The second kappa shape index (κ2) is 11.3. The van der Waals surface area contributed by atoms with Gasteiger partial charge in [-0.3, -0.25) is 9.59 Å². The normalized spacial score (nSPS) is 15.0. The first-order chi connectivity index (χ1) is 16.4. The van der Waals surface area contributed by atoms with Gasteiger partial charge < -0.3 is 10.2 Å². The van der Waals surface area contributed by atoms with E-state index in [2.05, 4.69) is 5.32 Å². The number of fused-ring (bicyclic) bond motifs is 1. The molecule has 176 valence electrons. The molecule has 3 aromatic carbocycles. The Kier molecular flexibility index (Phi) is 8.15. The highest BCUT2D eigenvalue weighted by Gasteiger charge is 2.35. The Bertz CT molecular complexity index is 1200. The van der Waals surface area contributed by atoms with E-state index in [-0.39, 0.29) is 11.8 Å². The van der Waals surface area contributed by atoms with Gasteiger partial charge in [0.05, 0.1) is 10.6 Å². The number of carbonyl (C=O) groups is 2. The number of amides is 2. The van der Waals surface area contributed by atoms with E-state index in [1.807, 2.05) is 36.4 Å². The predicted molar refractivity (Wildman–Crippen MR) is 138 cm³/mol. The van der Waals surface area contributed by atoms with E-state index >= 15 is 0 Å². The third-order valence-electron chi connectivity index (χ3n) is 6.10. The Labute approximate surface area is 214 Å². The van der Waals surface area contributed by atoms with Crippen LogP contribution in [0, 0.1) is 0 Å². The van der Waals surface area contributed by atoms with Gasteiger partial charge in [-0.05, 0) is 60.2 Å². The molecule has 1 aliphatic heterocycles. The van der Waals surface area contributed by atoms with Gasteiger partial charge in [-0.25, -0.2) is 0 Å². The molecule has 3 aromatic rings. The average molecular weight is 516 g/mol. The number of hydrogen-bond acceptors (Lipinski definition) is 2. The molecule has 1 unspecified atom stereocenters. The lowest BCUT2D eigenvalue weighted by Crippen LogP contribution is -2.52. The van der Waals surface area contributed by atoms with Crippen LogP contribution in [0.4, 0.5) is 0 Å². The molecular formula is C27H25Cl3N2O2. The number of nitrogens with one attached hydrogen (secondary N) is 1. The van der Waals surface area contributed by atoms with E-state index in [1.165, 1.54) is 0 Å². The fourth-order valence-corrected chi connectivity index (χ4v) is 4.97. The number of unbranched alkanes of at least 4 members (excludes halogenated alkanes) is 1. The summed E-state index contributed by atoms with van der Waals surface area (Å²) in [7, 11) is 0. The zero-order chi connectivity index (χ0) is 24.1. The van der Waals surface area contributed by atoms with E-state index < -0.39 is 6.04 Å². The number of aryl methyl sites for hydroxylation is 1. The number of hydrogen-bond donors (Lipinski definition) is 1. The SMILES string of the molecule is O=C(NCCCCc1ccc(Cl)cc1Cl)C1Cc2ccccc2CN1C(=O)c1ccccc1Cl. The minimum absolute atomic E-state index is 0.153. The fourth-order valence-electron chi connectivity index (χ4n) is 4.25. The quantitative estimate of drug-likeness (QED) is 0.373. The molecule has 1 atom stereocenters. The van der Waals surface area contributed by atoms with Crippen LogP contribution in [0.2, 0.25) is 15.1 Å². The van der Waals surface area contributed by atoms with Crippen LogP contribution < -0.4 is 5.32 Å². The molecule has 4 rings (SSSR count). The van der Waals surface area contributed by atoms with Crippen molar-refractivity contribution in [3.63, 3.8) is 0 Å². The van der Waals surface area contributed by atoms with Crippen LogP contribution in [-0.4, -0.2) is 29.3 Å². The van der Waals surface area contributed by atoms with Crippen LogP contribution >= 0.6 is 34.8 Å². The first kappa shape index (κ1) is 24.6. The largest absolute Gasteiger partial charge is 0.354 e. The highest BCUT2D eigenvalue weighted by atomic mass is 35.5. The topological polar surface area (TPSA) is 49.4 Å². The van der Waals surface area contributed by atoms with E-state index in [0.717, 1.165) is 36.0 Å². The number of rotatable bonds is 7. The Balaban J connectivity index is 1.40. The standard InChI is InChI=1S/C27H25Cl3N2O2/c28-21-13-12-18(24(30)16-21)7-5-6-14-31-26(33)25-15-19-8-1-2-9-20(19)17-32(25)27(34)22-10-3-4-11-23(22)29/h1-4,8-13,16,25H,5-7,14-15,17H2,(H,31,33). The maximum atomic E-state index is 13.4. The molecule has 0 aliphatic carbocycles. The minimum Gasteiger partial charge on any atom is -0.354 e. The van der Waals surface area contributed by atoms with Crippen molar-refractivity contribution >= 4 is 46.6 Å². The first-order valence-corrected chi connectivity index (χ1v) is 12.4. The Hall–Kier alpha value is -2.53. The second-order valence-corrected chi connectivity index (χ2v) is 9.64. The van der Waals surface area contributed by atoms with Crippen LogP contribution in [0.1, 0.15) is 39.9 Å². The third-order valence-corrected chi connectivity index (χ3v) is 7.02. The summed E-state index contributed by atoms with van der Waals surface area (Å²) in [5.41, 5.74) is 3.58. The predicted octanol–water partition coefficient (Wildman–Crippen LogP) is 6.35. The van der Waals surface area contributed by atoms with E-state index in [9.17, 15) is 9.59 Å². The van der Waals surface area contributed by atoms with Crippen LogP contribution in [-0.2, 0) is 24.2 Å². The van der Waals surface area contributed by atoms with Crippen molar-refractivity contribution in [1.82, 2.24) is 10.2 Å². The summed E-state index contributed by atoms with van der Waals surface area (Å²) >= 11 is 18.5. The van der Waals surface area contributed by atoms with Gasteiger partial charge in [0.15, 0.2) is 0 Å². The lowest BCUT2D eigenvalue weighted by molar-refractivity contribution is -0.126. The Morgan fingerprint density at radius 1 is 0.882 bits per heavy atom. The van der Waals surface area contributed by atoms with Gasteiger partial charge in [0.1, 0.15) is 6.04 Å². The summed E-state index contributed by atoms with van der Waals surface area (Å²) in [5, 5.41) is 4.68. The van der Waals surface area contributed by atoms with Gasteiger partial charge in [0.2, 0.25) is 5.91 Å². The molecule has 2 amide bonds. The van der Waals surface area contributed by atoms with Gasteiger partial charge in [-0.1, -0.05) is 77.3 Å². The van der Waals surface area contributed by atoms with Crippen molar-refractivity contribution in [2.75, 3.05) is 6.54 Å². The van der Waals surface area contributed by atoms with E-state index in [1.54, 1.807) is 35.2 Å². The monoisotopic (exact) mass is 514 g/mol. The van der Waals surface area contributed by atoms with Crippen molar-refractivity contribution in [2.45, 2.75) is 38.3 Å². The number of benzene rings is 3. The van der Waals surface area contributed by atoms with E-state index in [4.69, 9.17) is 34.8 Å². The van der Waals surface area contributed by atoms with Crippen molar-refractivity contribution in [2.24, 2.45) is 0 Å². The van der Waals surface area contributed by atoms with Gasteiger partial charge in [-0.15, -0.1) is 0 Å². The zero-order valence-corrected chi connectivity index (χ0v) is 20.8. The van der Waals surface area contributed by atoms with E-state index in [0.29, 0.717) is 40.1 Å². The van der Waals surface area contributed by atoms with Crippen LogP contribution in [0.3, 0.4) is 0 Å². The van der Waals surface area contributed by atoms with Gasteiger partial charge >= 0.3 is 0 Å². The summed E-state index contributed by atoms with van der Waals surface area (Å²) < 4.78 is 0. The maximum absolute atomic E-state index is 13.4. The zero-order valence-electron chi connectivity index (χ0n) is 18.6. The highest BCUT2D eigenvalue weighted by Crippen LogP contribution is 2.27. The molecule has 0 fully saturated rings. The summed E-state index contributed by atoms with van der Waals surface area (Å²) in [4.78, 5) is 28.2. The number of nitrogens with zero attached hydrogens (tertiary/aromatic N) is 1. The molecule has 0 saturated heterocycles. The molecule has 0 saturated carbocycles. The summed E-state index contributed by atoms with van der Waals surface area (Å²) in [5.74, 6) is -0.392. The first-order valence-electron chi connectivity index (χ1n) is 11.3.